The van der Waals surface area contributed by atoms with Crippen molar-refractivity contribution < 1.29 is 12.9 Å². The first-order valence-electron chi connectivity index (χ1n) is 3.23. The fourth-order valence-corrected chi connectivity index (χ4v) is 1.21. The Labute approximate surface area is 73.6 Å². The van der Waals surface area contributed by atoms with Gasteiger partial charge in [-0.1, -0.05) is 17.7 Å². The van der Waals surface area contributed by atoms with E-state index < -0.39 is 7.12 Å². The summed E-state index contributed by atoms with van der Waals surface area (Å²) in [4.78, 5) is 0. The van der Waals surface area contributed by atoms with Gasteiger partial charge in [0.1, 0.15) is 0 Å². The van der Waals surface area contributed by atoms with Crippen molar-refractivity contribution in [2.45, 2.75) is 6.92 Å². The lowest BCUT2D eigenvalue weighted by Gasteiger charge is -2.01. The van der Waals surface area contributed by atoms with Crippen LogP contribution in [0.5, 0.6) is 0 Å². The minimum atomic E-state index is -1.44. The van der Waals surface area contributed by atoms with Gasteiger partial charge in [-0.05, 0) is 30.1 Å². The molecule has 0 unspecified atom stereocenters. The Hall–Kier alpha value is -0.505. The van der Waals surface area contributed by atoms with Gasteiger partial charge in [-0.2, -0.15) is 0 Å². The van der Waals surface area contributed by atoms with Gasteiger partial charge in [0.25, 0.3) is 0 Å². The van der Waals surface area contributed by atoms with Gasteiger partial charge in [-0.15, -0.1) is 0 Å². The van der Waals surface area contributed by atoms with Crippen LogP contribution < -0.4 is 5.46 Å². The van der Waals surface area contributed by atoms with E-state index in [1.807, 2.05) is 6.92 Å². The molecule has 1 rings (SSSR count). The molecular formula is C7H12BClO2. The molecule has 0 amide bonds. The van der Waals surface area contributed by atoms with E-state index >= 15 is 0 Å². The van der Waals surface area contributed by atoms with Gasteiger partial charge in [0.2, 0.25) is 0 Å². The smallest absolute Gasteiger partial charge is 0.423 e. The fraction of sp³-hybridized carbons (Fsp3) is 0.143. The maximum atomic E-state index is 8.77. The molecule has 0 fully saturated rings. The molecule has 0 atom stereocenters. The van der Waals surface area contributed by atoms with Crippen LogP contribution >= 0.6 is 11.6 Å². The summed E-state index contributed by atoms with van der Waals surface area (Å²) in [6, 6.07) is 4.96. The van der Waals surface area contributed by atoms with Crippen molar-refractivity contribution in [3.8, 4) is 0 Å². The second-order valence-corrected chi connectivity index (χ2v) is 2.87. The largest absolute Gasteiger partial charge is 0.488 e. The molecule has 0 aromatic heterocycles. The van der Waals surface area contributed by atoms with Gasteiger partial charge in [0.15, 0.2) is 0 Å². The Balaban J connectivity index is 0. The first-order chi connectivity index (χ1) is 5.09. The third-order valence-electron chi connectivity index (χ3n) is 1.36. The average molecular weight is 174 g/mol. The molecule has 0 spiro atoms. The first kappa shape index (κ1) is 8.59. The molecule has 0 saturated heterocycles. The van der Waals surface area contributed by atoms with Crippen molar-refractivity contribution in [1.82, 2.24) is 0 Å². The Morgan fingerprint density at radius 3 is 2.45 bits per heavy atom. The number of hydrogen-bond acceptors (Lipinski definition) is 2. The number of halogens is 1. The molecule has 0 radical (unpaired) electrons. The fourth-order valence-electron chi connectivity index (χ4n) is 0.914. The summed E-state index contributed by atoms with van der Waals surface area (Å²) < 4.78 is 0. The molecule has 0 heterocycles. The van der Waals surface area contributed by atoms with Crippen LogP contribution in [0, 0.1) is 6.92 Å². The maximum Gasteiger partial charge on any atom is 0.488 e. The maximum absolute atomic E-state index is 8.77. The summed E-state index contributed by atoms with van der Waals surface area (Å²) in [6.07, 6.45) is 0. The molecule has 0 bridgehead atoms. The number of rotatable bonds is 1. The van der Waals surface area contributed by atoms with Gasteiger partial charge in [0.05, 0.1) is 0 Å². The minimum absolute atomic E-state index is 0. The molecular weight excluding hydrogens is 162 g/mol. The highest BCUT2D eigenvalue weighted by atomic mass is 35.5. The molecule has 62 valence electrons. The minimum Gasteiger partial charge on any atom is -0.423 e. The van der Waals surface area contributed by atoms with E-state index in [4.69, 9.17) is 21.6 Å². The van der Waals surface area contributed by atoms with Crippen molar-refractivity contribution in [3.63, 3.8) is 0 Å². The van der Waals surface area contributed by atoms with Crippen LogP contribution in [0.4, 0.5) is 0 Å². The van der Waals surface area contributed by atoms with Crippen molar-refractivity contribution in [1.29, 1.82) is 0 Å². The predicted molar refractivity (Wildman–Crippen MR) is 50.2 cm³/mol. The van der Waals surface area contributed by atoms with E-state index in [2.05, 4.69) is 0 Å². The zero-order valence-corrected chi connectivity index (χ0v) is 6.84. The van der Waals surface area contributed by atoms with E-state index in [1.54, 1.807) is 12.1 Å². The zero-order valence-electron chi connectivity index (χ0n) is 6.08. The van der Waals surface area contributed by atoms with Crippen molar-refractivity contribution in [3.05, 3.63) is 28.8 Å². The molecule has 4 heteroatoms. The van der Waals surface area contributed by atoms with Crippen LogP contribution in [-0.4, -0.2) is 17.2 Å². The second-order valence-electron chi connectivity index (χ2n) is 2.44. The standard InChI is InChI=1S/C7H8BClO2.2H2/c1-5-2-6(8(10)11)4-7(9)3-5;;/h2-4,10-11H,1H3;2*1H. The van der Waals surface area contributed by atoms with E-state index in [0.717, 1.165) is 5.56 Å². The van der Waals surface area contributed by atoms with Crippen LogP contribution in [-0.2, 0) is 0 Å². The van der Waals surface area contributed by atoms with Gasteiger partial charge < -0.3 is 10.0 Å². The quantitative estimate of drug-likeness (QED) is 0.619. The second kappa shape index (κ2) is 3.26. The average Bonchev–Trinajstić information content (AvgIpc) is 1.85. The molecule has 2 N–H and O–H groups in total. The van der Waals surface area contributed by atoms with E-state index in [1.165, 1.54) is 6.07 Å². The topological polar surface area (TPSA) is 40.5 Å². The Kier molecular flexibility index (Phi) is 2.55. The number of hydrogen-bond donors (Lipinski definition) is 2. The van der Waals surface area contributed by atoms with Crippen LogP contribution in [0.3, 0.4) is 0 Å². The summed E-state index contributed by atoms with van der Waals surface area (Å²) in [6.45, 7) is 1.84. The molecule has 0 aliphatic rings. The lowest BCUT2D eigenvalue weighted by molar-refractivity contribution is 0.425. The normalized spacial score (nSPS) is 9.82. The van der Waals surface area contributed by atoms with Gasteiger partial charge in [-0.3, -0.25) is 0 Å². The summed E-state index contributed by atoms with van der Waals surface area (Å²) in [7, 11) is -1.44. The SMILES string of the molecule is Cc1cc(Cl)cc(B(O)O)c1.[HH].[HH]. The Morgan fingerprint density at radius 1 is 1.36 bits per heavy atom. The monoisotopic (exact) mass is 174 g/mol. The zero-order chi connectivity index (χ0) is 8.43. The highest BCUT2D eigenvalue weighted by molar-refractivity contribution is 6.59. The molecule has 0 aliphatic heterocycles. The third kappa shape index (κ3) is 2.22. The summed E-state index contributed by atoms with van der Waals surface area (Å²) in [5, 5.41) is 18.1. The molecule has 0 aliphatic carbocycles. The lowest BCUT2D eigenvalue weighted by atomic mass is 9.80. The molecule has 1 aromatic rings. The Bertz CT molecular complexity index is 250. The van der Waals surface area contributed by atoms with Gasteiger partial charge >= 0.3 is 7.12 Å². The Morgan fingerprint density at radius 2 is 2.00 bits per heavy atom. The van der Waals surface area contributed by atoms with Crippen LogP contribution in [0.2, 0.25) is 5.02 Å². The highest BCUT2D eigenvalue weighted by Gasteiger charge is 2.10. The van der Waals surface area contributed by atoms with Crippen LogP contribution in [0.15, 0.2) is 18.2 Å². The van der Waals surface area contributed by atoms with Crippen molar-refractivity contribution in [2.24, 2.45) is 0 Å². The summed E-state index contributed by atoms with van der Waals surface area (Å²) in [5.41, 5.74) is 1.34. The van der Waals surface area contributed by atoms with Crippen LogP contribution in [0.25, 0.3) is 0 Å². The molecule has 2 nitrogen and oxygen atoms in total. The third-order valence-corrected chi connectivity index (χ3v) is 1.58. The van der Waals surface area contributed by atoms with Crippen molar-refractivity contribution >= 4 is 24.2 Å². The van der Waals surface area contributed by atoms with Gasteiger partial charge in [0, 0.05) is 7.88 Å². The number of aryl methyl sites for hydroxylation is 1. The highest BCUT2D eigenvalue weighted by Crippen LogP contribution is 2.07. The van der Waals surface area contributed by atoms with E-state index in [0.29, 0.717) is 10.5 Å². The number of benzene rings is 1. The molecule has 1 aromatic carbocycles. The van der Waals surface area contributed by atoms with Crippen molar-refractivity contribution in [2.75, 3.05) is 0 Å². The first-order valence-corrected chi connectivity index (χ1v) is 3.60. The summed E-state index contributed by atoms with van der Waals surface area (Å²) in [5.74, 6) is 0. The van der Waals surface area contributed by atoms with E-state index in [9.17, 15) is 0 Å². The van der Waals surface area contributed by atoms with E-state index in [-0.39, 0.29) is 2.85 Å². The molecule has 11 heavy (non-hydrogen) atoms. The van der Waals surface area contributed by atoms with Crippen LogP contribution in [0.1, 0.15) is 8.42 Å². The lowest BCUT2D eigenvalue weighted by Crippen LogP contribution is -2.29. The predicted octanol–water partition coefficient (Wildman–Crippen LogP) is 0.820. The summed E-state index contributed by atoms with van der Waals surface area (Å²) >= 11 is 5.67. The molecule has 0 saturated carbocycles. The van der Waals surface area contributed by atoms with Gasteiger partial charge in [-0.25, -0.2) is 0 Å².